The zero-order valence-electron chi connectivity index (χ0n) is 11.5. The van der Waals surface area contributed by atoms with E-state index in [9.17, 15) is 0 Å². The number of nitrogens with zero attached hydrogens (tertiary/aromatic N) is 2. The number of hydrogen-bond acceptors (Lipinski definition) is 4. The molecule has 1 N–H and O–H groups in total. The molecular formula is C13H25N3S. The summed E-state index contributed by atoms with van der Waals surface area (Å²) >= 11 is 1.74. The zero-order chi connectivity index (χ0) is 12.7. The van der Waals surface area contributed by atoms with Gasteiger partial charge >= 0.3 is 0 Å². The summed E-state index contributed by atoms with van der Waals surface area (Å²) < 4.78 is 0. The Hall–Kier alpha value is -0.610. The molecular weight excluding hydrogens is 230 g/mol. The largest absolute Gasteiger partial charge is 0.351 e. The van der Waals surface area contributed by atoms with Crippen LogP contribution in [0.3, 0.4) is 0 Å². The highest BCUT2D eigenvalue weighted by atomic mass is 32.1. The Morgan fingerprint density at radius 2 is 2.24 bits per heavy atom. The third kappa shape index (κ3) is 5.50. The van der Waals surface area contributed by atoms with Crippen LogP contribution in [0.1, 0.15) is 39.3 Å². The maximum Gasteiger partial charge on any atom is 0.185 e. The quantitative estimate of drug-likeness (QED) is 0.773. The number of thiazole rings is 1. The number of nitrogens with one attached hydrogen (secondary N) is 1. The first-order valence-electron chi connectivity index (χ1n) is 6.49. The molecule has 0 atom stereocenters. The van der Waals surface area contributed by atoms with Gasteiger partial charge in [-0.1, -0.05) is 27.2 Å². The van der Waals surface area contributed by atoms with Gasteiger partial charge in [-0.05, 0) is 18.9 Å². The van der Waals surface area contributed by atoms with Crippen molar-refractivity contribution in [1.82, 2.24) is 10.3 Å². The summed E-state index contributed by atoms with van der Waals surface area (Å²) in [5, 5.41) is 6.72. The van der Waals surface area contributed by atoms with Crippen LogP contribution in [-0.4, -0.2) is 25.1 Å². The molecule has 0 fully saturated rings. The van der Waals surface area contributed by atoms with Gasteiger partial charge in [0.1, 0.15) is 0 Å². The first-order valence-corrected chi connectivity index (χ1v) is 7.37. The predicted molar refractivity (Wildman–Crippen MR) is 76.8 cm³/mol. The van der Waals surface area contributed by atoms with Crippen molar-refractivity contribution in [2.75, 3.05) is 25.0 Å². The van der Waals surface area contributed by atoms with Crippen LogP contribution in [0.5, 0.6) is 0 Å². The Bertz CT molecular complexity index is 309. The molecule has 0 saturated heterocycles. The second-order valence-electron chi connectivity index (χ2n) is 4.92. The van der Waals surface area contributed by atoms with Crippen molar-refractivity contribution >= 4 is 16.5 Å². The number of hydrogen-bond donors (Lipinski definition) is 1. The van der Waals surface area contributed by atoms with Gasteiger partial charge in [-0.3, -0.25) is 0 Å². The predicted octanol–water partition coefficient (Wildman–Crippen LogP) is 3.13. The molecule has 0 aromatic carbocycles. The maximum atomic E-state index is 4.64. The highest BCUT2D eigenvalue weighted by Crippen LogP contribution is 2.19. The molecule has 0 bridgehead atoms. The summed E-state index contributed by atoms with van der Waals surface area (Å²) in [6.45, 7) is 9.70. The monoisotopic (exact) mass is 255 g/mol. The van der Waals surface area contributed by atoms with Crippen molar-refractivity contribution in [3.8, 4) is 0 Å². The van der Waals surface area contributed by atoms with Crippen LogP contribution >= 0.6 is 11.3 Å². The van der Waals surface area contributed by atoms with Crippen molar-refractivity contribution in [1.29, 1.82) is 0 Å². The highest BCUT2D eigenvalue weighted by molar-refractivity contribution is 7.13. The molecule has 0 amide bonds. The number of unbranched alkanes of at least 4 members (excludes halogenated alkanes) is 1. The van der Waals surface area contributed by atoms with Gasteiger partial charge in [0.2, 0.25) is 0 Å². The van der Waals surface area contributed by atoms with E-state index >= 15 is 0 Å². The molecule has 1 rings (SSSR count). The molecule has 1 aromatic heterocycles. The van der Waals surface area contributed by atoms with E-state index < -0.39 is 0 Å². The lowest BCUT2D eigenvalue weighted by Crippen LogP contribution is -2.20. The van der Waals surface area contributed by atoms with Crippen LogP contribution in [0.25, 0.3) is 0 Å². The average molecular weight is 255 g/mol. The van der Waals surface area contributed by atoms with Crippen molar-refractivity contribution in [2.45, 2.75) is 40.2 Å². The van der Waals surface area contributed by atoms with E-state index in [2.05, 4.69) is 48.4 Å². The van der Waals surface area contributed by atoms with Crippen molar-refractivity contribution in [2.24, 2.45) is 5.92 Å². The number of rotatable bonds is 8. The summed E-state index contributed by atoms with van der Waals surface area (Å²) in [7, 11) is 2.12. The second kappa shape index (κ2) is 7.67. The van der Waals surface area contributed by atoms with Gasteiger partial charge in [-0.25, -0.2) is 4.98 Å². The van der Waals surface area contributed by atoms with Gasteiger partial charge < -0.3 is 10.2 Å². The highest BCUT2D eigenvalue weighted by Gasteiger charge is 2.06. The lowest BCUT2D eigenvalue weighted by Gasteiger charge is -2.14. The molecule has 1 aromatic rings. The molecule has 17 heavy (non-hydrogen) atoms. The second-order valence-corrected chi connectivity index (χ2v) is 5.76. The zero-order valence-corrected chi connectivity index (χ0v) is 12.3. The molecule has 0 aliphatic rings. The van der Waals surface area contributed by atoms with Gasteiger partial charge in [0.25, 0.3) is 0 Å². The topological polar surface area (TPSA) is 28.2 Å². The van der Waals surface area contributed by atoms with Crippen molar-refractivity contribution < 1.29 is 0 Å². The average Bonchev–Trinajstić information content (AvgIpc) is 2.74. The van der Waals surface area contributed by atoms with Gasteiger partial charge in [-0.2, -0.15) is 0 Å². The first kappa shape index (κ1) is 14.5. The van der Waals surface area contributed by atoms with Crippen molar-refractivity contribution in [3.63, 3.8) is 0 Å². The Balaban J connectivity index is 2.36. The van der Waals surface area contributed by atoms with E-state index in [1.165, 1.54) is 12.8 Å². The van der Waals surface area contributed by atoms with Gasteiger partial charge in [0.05, 0.1) is 5.69 Å². The van der Waals surface area contributed by atoms with E-state index in [1.54, 1.807) is 11.3 Å². The summed E-state index contributed by atoms with van der Waals surface area (Å²) in [5.74, 6) is 0.695. The van der Waals surface area contributed by atoms with Gasteiger partial charge in [0.15, 0.2) is 5.13 Å². The maximum absolute atomic E-state index is 4.64. The lowest BCUT2D eigenvalue weighted by atomic mass is 10.2. The third-order valence-electron chi connectivity index (χ3n) is 2.57. The fourth-order valence-corrected chi connectivity index (χ4v) is 2.35. The normalized spacial score (nSPS) is 11.1. The summed E-state index contributed by atoms with van der Waals surface area (Å²) in [5.41, 5.74) is 1.16. The van der Waals surface area contributed by atoms with Crippen LogP contribution in [0.2, 0.25) is 0 Å². The minimum atomic E-state index is 0.695. The van der Waals surface area contributed by atoms with Crippen LogP contribution in [0.4, 0.5) is 5.13 Å². The van der Waals surface area contributed by atoms with E-state index in [0.717, 1.165) is 30.5 Å². The minimum Gasteiger partial charge on any atom is -0.351 e. The Labute approximate surface area is 109 Å². The van der Waals surface area contributed by atoms with Crippen LogP contribution in [0, 0.1) is 5.92 Å². The molecule has 0 radical (unpaired) electrons. The fourth-order valence-electron chi connectivity index (χ4n) is 1.53. The molecule has 0 aliphatic carbocycles. The standard InChI is InChI=1S/C13H25N3S/c1-5-6-7-16(4)13-15-12(10-17-13)9-14-8-11(2)3/h10-11,14H,5-9H2,1-4H3. The van der Waals surface area contributed by atoms with E-state index in [-0.39, 0.29) is 0 Å². The number of aromatic nitrogens is 1. The van der Waals surface area contributed by atoms with Crippen LogP contribution in [-0.2, 0) is 6.54 Å². The molecule has 0 saturated carbocycles. The van der Waals surface area contributed by atoms with Gasteiger partial charge in [-0.15, -0.1) is 11.3 Å². The SMILES string of the molecule is CCCCN(C)c1nc(CNCC(C)C)cs1. The summed E-state index contributed by atoms with van der Waals surface area (Å²) in [4.78, 5) is 6.89. The first-order chi connectivity index (χ1) is 8.13. The number of anilines is 1. The van der Waals surface area contributed by atoms with Crippen molar-refractivity contribution in [3.05, 3.63) is 11.1 Å². The molecule has 98 valence electrons. The fraction of sp³-hybridized carbons (Fsp3) is 0.769. The third-order valence-corrected chi connectivity index (χ3v) is 3.58. The Morgan fingerprint density at radius 3 is 2.88 bits per heavy atom. The summed E-state index contributed by atoms with van der Waals surface area (Å²) in [6, 6.07) is 0. The van der Waals surface area contributed by atoms with E-state index in [4.69, 9.17) is 0 Å². The molecule has 4 heteroatoms. The molecule has 1 heterocycles. The van der Waals surface area contributed by atoms with Crippen LogP contribution < -0.4 is 10.2 Å². The molecule has 0 unspecified atom stereocenters. The van der Waals surface area contributed by atoms with E-state index in [1.807, 2.05) is 0 Å². The summed E-state index contributed by atoms with van der Waals surface area (Å²) in [6.07, 6.45) is 2.47. The smallest absolute Gasteiger partial charge is 0.185 e. The lowest BCUT2D eigenvalue weighted by molar-refractivity contribution is 0.549. The Kier molecular flexibility index (Phi) is 6.52. The van der Waals surface area contributed by atoms with Gasteiger partial charge in [0, 0.05) is 25.5 Å². The Morgan fingerprint density at radius 1 is 1.47 bits per heavy atom. The molecule has 3 nitrogen and oxygen atoms in total. The van der Waals surface area contributed by atoms with Crippen LogP contribution in [0.15, 0.2) is 5.38 Å². The molecule has 0 spiro atoms. The minimum absolute atomic E-state index is 0.695. The molecule has 0 aliphatic heterocycles. The van der Waals surface area contributed by atoms with E-state index in [0.29, 0.717) is 5.92 Å².